The molecule has 1 aromatic carbocycles. The lowest BCUT2D eigenvalue weighted by molar-refractivity contribution is -0.0923. The van der Waals surface area contributed by atoms with Crippen molar-refractivity contribution in [1.29, 1.82) is 0 Å². The number of hydrogen-bond donors (Lipinski definition) is 0. The van der Waals surface area contributed by atoms with Crippen molar-refractivity contribution in [3.8, 4) is 0 Å². The maximum Gasteiger partial charge on any atom is 0.360 e. The van der Waals surface area contributed by atoms with Gasteiger partial charge in [-0.15, -0.1) is 5.06 Å². The van der Waals surface area contributed by atoms with Crippen LogP contribution in [0.2, 0.25) is 0 Å². The number of hydroxylamine groups is 2. The third-order valence-corrected chi connectivity index (χ3v) is 2.74. The molecule has 0 aliphatic carbocycles. The van der Waals surface area contributed by atoms with E-state index in [2.05, 4.69) is 0 Å². The third-order valence-electron chi connectivity index (χ3n) is 2.74. The van der Waals surface area contributed by atoms with Crippen LogP contribution in [0.1, 0.15) is 16.1 Å². The van der Waals surface area contributed by atoms with Crippen molar-refractivity contribution >= 4 is 11.9 Å². The molecule has 0 bridgehead atoms. The van der Waals surface area contributed by atoms with Crippen LogP contribution in [0.3, 0.4) is 0 Å². The second kappa shape index (κ2) is 4.12. The van der Waals surface area contributed by atoms with Gasteiger partial charge in [0.2, 0.25) is 0 Å². The Bertz CT molecular complexity index is 573. The summed E-state index contributed by atoms with van der Waals surface area (Å²) in [5.74, 6) is -0.430. The summed E-state index contributed by atoms with van der Waals surface area (Å²) in [6.07, 6.45) is 1.54. The van der Waals surface area contributed by atoms with Gasteiger partial charge in [-0.3, -0.25) is 14.2 Å². The number of aromatic nitrogens is 1. The van der Waals surface area contributed by atoms with Gasteiger partial charge in [0.25, 0.3) is 0 Å². The van der Waals surface area contributed by atoms with E-state index in [0.29, 0.717) is 5.69 Å². The minimum atomic E-state index is -0.476. The lowest BCUT2D eigenvalue weighted by Gasteiger charge is -2.12. The molecule has 2 amide bonds. The molecule has 3 rings (SSSR count). The molecule has 5 nitrogen and oxygen atoms in total. The first-order valence-corrected chi connectivity index (χ1v) is 5.50. The molecule has 5 heteroatoms. The first kappa shape index (κ1) is 10.7. The molecule has 1 aromatic heterocycles. The third kappa shape index (κ3) is 1.61. The second-order valence-electron chi connectivity index (χ2n) is 3.90. The van der Waals surface area contributed by atoms with Gasteiger partial charge in [-0.05, 0) is 17.7 Å². The lowest BCUT2D eigenvalue weighted by Crippen LogP contribution is -2.30. The number of carbonyl (C=O) groups excluding carboxylic acids is 2. The highest BCUT2D eigenvalue weighted by Crippen LogP contribution is 2.18. The Morgan fingerprint density at radius 1 is 1.00 bits per heavy atom. The van der Waals surface area contributed by atoms with E-state index >= 15 is 0 Å². The van der Waals surface area contributed by atoms with Crippen LogP contribution in [-0.2, 0) is 11.4 Å². The maximum atomic E-state index is 11.8. The Morgan fingerprint density at radius 3 is 2.50 bits per heavy atom. The molecule has 0 fully saturated rings. The number of rotatable bonds is 3. The van der Waals surface area contributed by atoms with Gasteiger partial charge in [0.05, 0.1) is 0 Å². The van der Waals surface area contributed by atoms with E-state index < -0.39 is 11.9 Å². The average molecular weight is 242 g/mol. The molecule has 2 heterocycles. The van der Waals surface area contributed by atoms with Crippen molar-refractivity contribution in [3.05, 3.63) is 59.9 Å². The average Bonchev–Trinajstić information content (AvgIpc) is 2.95. The van der Waals surface area contributed by atoms with Crippen molar-refractivity contribution in [2.45, 2.75) is 6.61 Å². The predicted octanol–water partition coefficient (Wildman–Crippen LogP) is 2.04. The summed E-state index contributed by atoms with van der Waals surface area (Å²) in [7, 11) is 0. The number of fused-ring (bicyclic) bond motifs is 1. The zero-order valence-corrected chi connectivity index (χ0v) is 9.45. The fourth-order valence-electron chi connectivity index (χ4n) is 1.84. The molecule has 2 aromatic rings. The van der Waals surface area contributed by atoms with Gasteiger partial charge >= 0.3 is 11.9 Å². The van der Waals surface area contributed by atoms with Gasteiger partial charge in [0.1, 0.15) is 12.3 Å². The predicted molar refractivity (Wildman–Crippen MR) is 62.6 cm³/mol. The van der Waals surface area contributed by atoms with Crippen molar-refractivity contribution in [1.82, 2.24) is 9.63 Å². The first-order chi connectivity index (χ1) is 8.77. The van der Waals surface area contributed by atoms with Crippen LogP contribution in [-0.4, -0.2) is 21.6 Å². The molecule has 0 spiro atoms. The fraction of sp³-hybridized carbons (Fsp3) is 0.0769. The number of hydrogen-bond acceptors (Lipinski definition) is 3. The molecule has 0 atom stereocenters. The normalized spacial score (nSPS) is 14.1. The Balaban J connectivity index is 1.74. The van der Waals surface area contributed by atoms with Crippen LogP contribution in [0.4, 0.5) is 4.79 Å². The Kier molecular flexibility index (Phi) is 2.46. The van der Waals surface area contributed by atoms with Crippen molar-refractivity contribution in [3.63, 3.8) is 0 Å². The molecule has 0 saturated carbocycles. The van der Waals surface area contributed by atoms with Gasteiger partial charge in [0.15, 0.2) is 0 Å². The molecular weight excluding hydrogens is 232 g/mol. The number of carbonyl (C=O) groups is 2. The largest absolute Gasteiger partial charge is 0.360 e. The van der Waals surface area contributed by atoms with Crippen LogP contribution in [0, 0.1) is 0 Å². The highest BCUT2D eigenvalue weighted by atomic mass is 16.7. The van der Waals surface area contributed by atoms with E-state index in [9.17, 15) is 9.59 Å². The van der Waals surface area contributed by atoms with E-state index in [0.717, 1.165) is 10.6 Å². The summed E-state index contributed by atoms with van der Waals surface area (Å²) in [5, 5.41) is 0.794. The van der Waals surface area contributed by atoms with Crippen molar-refractivity contribution in [2.75, 3.05) is 0 Å². The van der Waals surface area contributed by atoms with E-state index in [4.69, 9.17) is 4.84 Å². The molecule has 18 heavy (non-hydrogen) atoms. The number of imide groups is 1. The summed E-state index contributed by atoms with van der Waals surface area (Å²) in [6.45, 7) is 0.184. The van der Waals surface area contributed by atoms with Crippen LogP contribution in [0.25, 0.3) is 0 Å². The highest BCUT2D eigenvalue weighted by molar-refractivity contribution is 6.10. The minimum absolute atomic E-state index is 0.184. The Labute approximate surface area is 103 Å². The first-order valence-electron chi connectivity index (χ1n) is 5.50. The molecular formula is C13H10N2O3. The zero-order chi connectivity index (χ0) is 12.5. The zero-order valence-electron chi connectivity index (χ0n) is 9.45. The minimum Gasteiger partial charge on any atom is -0.264 e. The fourth-order valence-corrected chi connectivity index (χ4v) is 1.84. The van der Waals surface area contributed by atoms with Gasteiger partial charge in [-0.2, -0.15) is 0 Å². The van der Waals surface area contributed by atoms with Gasteiger partial charge in [0, 0.05) is 6.20 Å². The Morgan fingerprint density at radius 2 is 1.78 bits per heavy atom. The summed E-state index contributed by atoms with van der Waals surface area (Å²) in [5.41, 5.74) is 1.22. The standard InChI is InChI=1S/C13H10N2O3/c16-12-11-7-4-8-14(11)13(17)15(12)18-9-10-5-2-1-3-6-10/h1-8H,9H2. The van der Waals surface area contributed by atoms with Gasteiger partial charge < -0.3 is 0 Å². The number of amides is 2. The molecule has 0 unspecified atom stereocenters. The molecule has 0 N–H and O–H groups in total. The second-order valence-corrected chi connectivity index (χ2v) is 3.90. The summed E-state index contributed by atoms with van der Waals surface area (Å²) < 4.78 is 1.27. The van der Waals surface area contributed by atoms with Gasteiger partial charge in [-0.1, -0.05) is 30.3 Å². The summed E-state index contributed by atoms with van der Waals surface area (Å²) in [6, 6.07) is 12.1. The van der Waals surface area contributed by atoms with E-state index in [1.54, 1.807) is 18.3 Å². The molecule has 0 saturated heterocycles. The topological polar surface area (TPSA) is 51.5 Å². The number of benzene rings is 1. The monoisotopic (exact) mass is 242 g/mol. The van der Waals surface area contributed by atoms with Gasteiger partial charge in [-0.25, -0.2) is 4.79 Å². The SMILES string of the molecule is O=C1c2cccn2C(=O)N1OCc1ccccc1. The van der Waals surface area contributed by atoms with Crippen LogP contribution >= 0.6 is 0 Å². The van der Waals surface area contributed by atoms with E-state index in [-0.39, 0.29) is 6.61 Å². The molecule has 1 aliphatic heterocycles. The molecule has 1 aliphatic rings. The van der Waals surface area contributed by atoms with Crippen LogP contribution < -0.4 is 0 Å². The highest BCUT2D eigenvalue weighted by Gasteiger charge is 2.36. The van der Waals surface area contributed by atoms with E-state index in [1.807, 2.05) is 30.3 Å². The van der Waals surface area contributed by atoms with Crippen LogP contribution in [0.5, 0.6) is 0 Å². The molecule has 90 valence electrons. The number of nitrogens with zero attached hydrogens (tertiary/aromatic N) is 2. The summed E-state index contributed by atoms with van der Waals surface area (Å²) >= 11 is 0. The maximum absolute atomic E-state index is 11.8. The quantitative estimate of drug-likeness (QED) is 0.827. The molecule has 0 radical (unpaired) electrons. The van der Waals surface area contributed by atoms with Crippen molar-refractivity contribution < 1.29 is 14.4 Å². The lowest BCUT2D eigenvalue weighted by atomic mass is 10.2. The van der Waals surface area contributed by atoms with Crippen molar-refractivity contribution in [2.24, 2.45) is 0 Å². The Hall–Kier alpha value is -2.40. The van der Waals surface area contributed by atoms with E-state index in [1.165, 1.54) is 4.57 Å². The van der Waals surface area contributed by atoms with Crippen LogP contribution in [0.15, 0.2) is 48.7 Å². The smallest absolute Gasteiger partial charge is 0.264 e. The summed E-state index contributed by atoms with van der Waals surface area (Å²) in [4.78, 5) is 28.9.